The average Bonchev–Trinajstić information content (AvgIpc) is 3.28. The van der Waals surface area contributed by atoms with Crippen LogP contribution in [-0.4, -0.2) is 54.6 Å². The van der Waals surface area contributed by atoms with E-state index in [-0.39, 0.29) is 11.5 Å². The maximum Gasteiger partial charge on any atom is 0.271 e. The Bertz CT molecular complexity index is 1100. The lowest BCUT2D eigenvalue weighted by atomic mass is 9.91. The van der Waals surface area contributed by atoms with Gasteiger partial charge in [-0.15, -0.1) is 0 Å². The standard InChI is InChI=1S/C24H30N4O4/c1-6-28(20-8-7-13-25-21(20)29)14-15-31-18-11-9-17(10-12-18)19-16-32-22(26-19)24(2,3)23(30)27(4)5/h7-13,16H,6,14-15H2,1-5H3,(H,25,29). The van der Waals surface area contributed by atoms with Crippen LogP contribution in [0.2, 0.25) is 0 Å². The normalized spacial score (nSPS) is 11.3. The molecule has 2 heterocycles. The van der Waals surface area contributed by atoms with Crippen molar-refractivity contribution in [3.8, 4) is 17.0 Å². The molecule has 32 heavy (non-hydrogen) atoms. The summed E-state index contributed by atoms with van der Waals surface area (Å²) in [6, 6.07) is 11.1. The van der Waals surface area contributed by atoms with E-state index in [9.17, 15) is 9.59 Å². The maximum atomic E-state index is 12.4. The molecule has 0 radical (unpaired) electrons. The first-order valence-corrected chi connectivity index (χ1v) is 10.6. The number of carbonyl (C=O) groups is 1. The summed E-state index contributed by atoms with van der Waals surface area (Å²) in [5, 5.41) is 0. The highest BCUT2D eigenvalue weighted by atomic mass is 16.5. The van der Waals surface area contributed by atoms with Crippen molar-refractivity contribution in [1.29, 1.82) is 0 Å². The second-order valence-corrected chi connectivity index (χ2v) is 8.20. The van der Waals surface area contributed by atoms with Gasteiger partial charge in [0.15, 0.2) is 0 Å². The van der Waals surface area contributed by atoms with Crippen LogP contribution in [0.3, 0.4) is 0 Å². The zero-order valence-electron chi connectivity index (χ0n) is 19.2. The van der Waals surface area contributed by atoms with Gasteiger partial charge in [-0.3, -0.25) is 9.59 Å². The highest BCUT2D eigenvalue weighted by Gasteiger charge is 2.36. The lowest BCUT2D eigenvalue weighted by Gasteiger charge is -2.23. The number of hydrogen-bond acceptors (Lipinski definition) is 6. The molecule has 1 N–H and O–H groups in total. The smallest absolute Gasteiger partial charge is 0.271 e. The Morgan fingerprint density at radius 3 is 2.53 bits per heavy atom. The van der Waals surface area contributed by atoms with Gasteiger partial charge >= 0.3 is 0 Å². The molecule has 0 saturated carbocycles. The topological polar surface area (TPSA) is 91.7 Å². The predicted molar refractivity (Wildman–Crippen MR) is 124 cm³/mol. The van der Waals surface area contributed by atoms with Crippen molar-refractivity contribution in [3.63, 3.8) is 0 Å². The number of pyridine rings is 1. The number of aromatic nitrogens is 2. The fourth-order valence-electron chi connectivity index (χ4n) is 3.45. The van der Waals surface area contributed by atoms with Gasteiger partial charge in [-0.25, -0.2) is 4.98 Å². The van der Waals surface area contributed by atoms with Gasteiger partial charge in [-0.05, 0) is 57.2 Å². The van der Waals surface area contributed by atoms with E-state index < -0.39 is 5.41 Å². The van der Waals surface area contributed by atoms with Crippen LogP contribution in [0, 0.1) is 0 Å². The van der Waals surface area contributed by atoms with Gasteiger partial charge in [-0.2, -0.15) is 0 Å². The number of likely N-dealkylation sites (N-methyl/N-ethyl adjacent to an activating group) is 2. The lowest BCUT2D eigenvalue weighted by molar-refractivity contribution is -0.134. The zero-order valence-corrected chi connectivity index (χ0v) is 19.2. The van der Waals surface area contributed by atoms with E-state index in [0.29, 0.717) is 37.0 Å². The van der Waals surface area contributed by atoms with Crippen molar-refractivity contribution in [2.75, 3.05) is 38.7 Å². The van der Waals surface area contributed by atoms with Crippen LogP contribution in [-0.2, 0) is 10.2 Å². The maximum absolute atomic E-state index is 12.4. The van der Waals surface area contributed by atoms with Gasteiger partial charge in [0.1, 0.15) is 35.4 Å². The van der Waals surface area contributed by atoms with Crippen LogP contribution >= 0.6 is 0 Å². The summed E-state index contributed by atoms with van der Waals surface area (Å²) in [6.07, 6.45) is 3.18. The van der Waals surface area contributed by atoms with Crippen LogP contribution in [0.4, 0.5) is 5.69 Å². The molecule has 1 amide bonds. The zero-order chi connectivity index (χ0) is 23.3. The monoisotopic (exact) mass is 438 g/mol. The number of oxazole rings is 1. The Morgan fingerprint density at radius 1 is 1.19 bits per heavy atom. The SMILES string of the molecule is CCN(CCOc1ccc(-c2coc(C(C)(C)C(=O)N(C)C)n2)cc1)c1ccc[nH]c1=O. The summed E-state index contributed by atoms with van der Waals surface area (Å²) in [5.74, 6) is 1.02. The van der Waals surface area contributed by atoms with E-state index in [0.717, 1.165) is 11.3 Å². The number of amides is 1. The van der Waals surface area contributed by atoms with E-state index in [4.69, 9.17) is 9.15 Å². The molecule has 0 saturated heterocycles. The minimum absolute atomic E-state index is 0.0757. The van der Waals surface area contributed by atoms with Crippen LogP contribution in [0.5, 0.6) is 5.75 Å². The molecule has 3 rings (SSSR count). The van der Waals surface area contributed by atoms with E-state index in [2.05, 4.69) is 9.97 Å². The Hall–Kier alpha value is -3.55. The third kappa shape index (κ3) is 5.01. The molecular formula is C24H30N4O4. The average molecular weight is 439 g/mol. The third-order valence-electron chi connectivity index (χ3n) is 5.28. The Labute approximate surface area is 187 Å². The minimum Gasteiger partial charge on any atom is -0.492 e. The predicted octanol–water partition coefficient (Wildman–Crippen LogP) is 3.30. The molecule has 0 spiro atoms. The number of aromatic amines is 1. The van der Waals surface area contributed by atoms with Gasteiger partial charge in [0.05, 0.1) is 6.54 Å². The summed E-state index contributed by atoms with van der Waals surface area (Å²) in [6.45, 7) is 7.33. The molecule has 0 aliphatic rings. The van der Waals surface area contributed by atoms with Gasteiger partial charge in [0, 0.05) is 32.4 Å². The van der Waals surface area contributed by atoms with E-state index >= 15 is 0 Å². The van der Waals surface area contributed by atoms with Crippen molar-refractivity contribution in [2.45, 2.75) is 26.2 Å². The molecular weight excluding hydrogens is 408 g/mol. The van der Waals surface area contributed by atoms with Gasteiger partial charge in [0.25, 0.3) is 5.56 Å². The number of carbonyl (C=O) groups excluding carboxylic acids is 1. The fourth-order valence-corrected chi connectivity index (χ4v) is 3.45. The molecule has 0 aliphatic heterocycles. The molecule has 0 atom stereocenters. The molecule has 0 bridgehead atoms. The van der Waals surface area contributed by atoms with E-state index in [1.807, 2.05) is 42.2 Å². The van der Waals surface area contributed by atoms with Crippen molar-refractivity contribution in [3.05, 3.63) is 65.1 Å². The number of H-pyrrole nitrogens is 1. The number of nitrogens with zero attached hydrogens (tertiary/aromatic N) is 3. The molecule has 1 aromatic carbocycles. The Kier molecular flexibility index (Phi) is 7.02. The molecule has 0 aliphatic carbocycles. The largest absolute Gasteiger partial charge is 0.492 e. The van der Waals surface area contributed by atoms with E-state index in [1.165, 1.54) is 4.90 Å². The summed E-state index contributed by atoms with van der Waals surface area (Å²) in [4.78, 5) is 35.1. The summed E-state index contributed by atoms with van der Waals surface area (Å²) in [5.41, 5.74) is 1.20. The number of rotatable bonds is 9. The molecule has 2 aromatic heterocycles. The highest BCUT2D eigenvalue weighted by Crippen LogP contribution is 2.28. The van der Waals surface area contributed by atoms with Gasteiger partial charge in [0.2, 0.25) is 11.8 Å². The second kappa shape index (κ2) is 9.72. The van der Waals surface area contributed by atoms with Crippen molar-refractivity contribution in [2.24, 2.45) is 0 Å². The van der Waals surface area contributed by atoms with Gasteiger partial charge < -0.3 is 23.9 Å². The first-order chi connectivity index (χ1) is 15.2. The van der Waals surface area contributed by atoms with Crippen LogP contribution < -0.4 is 15.2 Å². The lowest BCUT2D eigenvalue weighted by Crippen LogP contribution is -2.39. The fraction of sp³-hybridized carbons (Fsp3) is 0.375. The molecule has 170 valence electrons. The van der Waals surface area contributed by atoms with Crippen LogP contribution in [0.1, 0.15) is 26.7 Å². The van der Waals surface area contributed by atoms with Crippen molar-refractivity contribution >= 4 is 11.6 Å². The second-order valence-electron chi connectivity index (χ2n) is 8.20. The number of anilines is 1. The Morgan fingerprint density at radius 2 is 1.91 bits per heavy atom. The number of nitrogens with one attached hydrogen (secondary N) is 1. The van der Waals surface area contributed by atoms with Crippen molar-refractivity contribution < 1.29 is 13.9 Å². The quantitative estimate of drug-likeness (QED) is 0.551. The molecule has 0 fully saturated rings. The highest BCUT2D eigenvalue weighted by molar-refractivity contribution is 5.86. The minimum atomic E-state index is -0.851. The van der Waals surface area contributed by atoms with Crippen LogP contribution in [0.25, 0.3) is 11.3 Å². The molecule has 8 heteroatoms. The number of benzene rings is 1. The van der Waals surface area contributed by atoms with Crippen LogP contribution in [0.15, 0.2) is 58.1 Å². The summed E-state index contributed by atoms with van der Waals surface area (Å²) in [7, 11) is 3.43. The molecule has 3 aromatic rings. The third-order valence-corrected chi connectivity index (χ3v) is 5.28. The first kappa shape index (κ1) is 23.1. The molecule has 0 unspecified atom stereocenters. The summed E-state index contributed by atoms with van der Waals surface area (Å²) >= 11 is 0. The Balaban J connectivity index is 1.62. The number of ether oxygens (including phenoxy) is 1. The summed E-state index contributed by atoms with van der Waals surface area (Å²) < 4.78 is 11.5. The van der Waals surface area contributed by atoms with Crippen molar-refractivity contribution in [1.82, 2.24) is 14.9 Å². The van der Waals surface area contributed by atoms with E-state index in [1.54, 1.807) is 46.5 Å². The van der Waals surface area contributed by atoms with Gasteiger partial charge in [-0.1, -0.05) is 0 Å². The number of hydrogen-bond donors (Lipinski definition) is 1. The first-order valence-electron chi connectivity index (χ1n) is 10.6. The molecule has 8 nitrogen and oxygen atoms in total.